The van der Waals surface area contributed by atoms with E-state index in [0.29, 0.717) is 0 Å². The number of benzene rings is 1. The predicted molar refractivity (Wildman–Crippen MR) is 47.3 cm³/mol. The van der Waals surface area contributed by atoms with Crippen molar-refractivity contribution in [3.63, 3.8) is 0 Å². The summed E-state index contributed by atoms with van der Waals surface area (Å²) in [7, 11) is 2.08. The van der Waals surface area contributed by atoms with Crippen LogP contribution in [0.25, 0.3) is 10.9 Å². The molecule has 0 bridgehead atoms. The van der Waals surface area contributed by atoms with Gasteiger partial charge in [-0.15, -0.1) is 0 Å². The zero-order chi connectivity index (χ0) is 7.68. The number of aromatic nitrogens is 2. The fraction of sp³-hybridized carbons (Fsp3) is 0.125. The number of hydrogen-bond acceptors (Lipinski definition) is 1. The van der Waals surface area contributed by atoms with Crippen molar-refractivity contribution in [3.8, 4) is 0 Å². The first-order valence-electron chi connectivity index (χ1n) is 3.63. The molecule has 2 aromatic rings. The number of hydrogen-bond donors (Lipinski definition) is 1. The van der Waals surface area contributed by atoms with E-state index in [-0.39, 0.29) is 0 Å². The van der Waals surface area contributed by atoms with Gasteiger partial charge in [0.15, 0.2) is 0 Å². The highest BCUT2D eigenvalue weighted by Crippen LogP contribution is 2.05. The first-order chi connectivity index (χ1) is 5.42. The maximum absolute atomic E-state index is 3.96. The number of aromatic amines is 1. The van der Waals surface area contributed by atoms with E-state index in [2.05, 4.69) is 23.5 Å². The Balaban J connectivity index is 2.79. The van der Waals surface area contributed by atoms with Crippen LogP contribution in [-0.2, 0) is 0 Å². The number of fused-ring (bicyclic) bond motifs is 1. The Labute approximate surface area is 65.9 Å². The van der Waals surface area contributed by atoms with Crippen molar-refractivity contribution >= 4 is 23.6 Å². The lowest BCUT2D eigenvalue weighted by atomic mass is 9.72. The van der Waals surface area contributed by atoms with Gasteiger partial charge < -0.3 is 0 Å². The molecule has 1 aromatic carbocycles. The summed E-state index contributed by atoms with van der Waals surface area (Å²) in [6.45, 7) is 2.03. The van der Waals surface area contributed by atoms with Gasteiger partial charge in [-0.25, -0.2) is 0 Å². The molecule has 2 nitrogen and oxygen atoms in total. The predicted octanol–water partition coefficient (Wildman–Crippen LogP) is 0.940. The molecular formula is C8H8BN2. The van der Waals surface area contributed by atoms with Crippen molar-refractivity contribution in [2.45, 2.75) is 6.82 Å². The molecule has 3 heteroatoms. The van der Waals surface area contributed by atoms with Crippen molar-refractivity contribution in [1.29, 1.82) is 0 Å². The molecule has 0 spiro atoms. The lowest BCUT2D eigenvalue weighted by Crippen LogP contribution is -2.09. The molecule has 0 aliphatic rings. The zero-order valence-electron chi connectivity index (χ0n) is 6.33. The molecule has 1 heterocycles. The van der Waals surface area contributed by atoms with Crippen LogP contribution in [0.4, 0.5) is 0 Å². The van der Waals surface area contributed by atoms with Gasteiger partial charge in [-0.2, -0.15) is 5.10 Å². The van der Waals surface area contributed by atoms with Crippen LogP contribution in [0.15, 0.2) is 24.4 Å². The Morgan fingerprint density at radius 2 is 2.36 bits per heavy atom. The number of rotatable bonds is 1. The minimum atomic E-state index is 1.10. The maximum atomic E-state index is 3.96. The van der Waals surface area contributed by atoms with Crippen molar-refractivity contribution < 1.29 is 0 Å². The normalized spacial score (nSPS) is 10.3. The molecule has 0 saturated carbocycles. The van der Waals surface area contributed by atoms with Crippen molar-refractivity contribution in [1.82, 2.24) is 10.2 Å². The van der Waals surface area contributed by atoms with Crippen LogP contribution in [0.3, 0.4) is 0 Å². The second-order valence-corrected chi connectivity index (χ2v) is 2.47. The average Bonchev–Trinajstić information content (AvgIpc) is 2.50. The zero-order valence-corrected chi connectivity index (χ0v) is 6.33. The van der Waals surface area contributed by atoms with E-state index in [1.807, 2.05) is 25.2 Å². The van der Waals surface area contributed by atoms with Crippen LogP contribution in [0.2, 0.25) is 6.82 Å². The Bertz CT molecular complexity index is 367. The topological polar surface area (TPSA) is 28.7 Å². The highest BCUT2D eigenvalue weighted by Gasteiger charge is 1.98. The number of nitrogens with zero attached hydrogens (tertiary/aromatic N) is 1. The third-order valence-corrected chi connectivity index (χ3v) is 1.83. The van der Waals surface area contributed by atoms with Gasteiger partial charge in [-0.1, -0.05) is 24.4 Å². The molecule has 1 radical (unpaired) electrons. The lowest BCUT2D eigenvalue weighted by Gasteiger charge is -1.94. The second-order valence-electron chi connectivity index (χ2n) is 2.47. The van der Waals surface area contributed by atoms with E-state index in [4.69, 9.17) is 0 Å². The molecule has 0 amide bonds. The number of nitrogens with one attached hydrogen (secondary N) is 1. The van der Waals surface area contributed by atoms with Crippen molar-refractivity contribution in [2.75, 3.05) is 0 Å². The van der Waals surface area contributed by atoms with Gasteiger partial charge in [0.1, 0.15) is 7.28 Å². The van der Waals surface area contributed by atoms with E-state index in [0.717, 1.165) is 5.52 Å². The summed E-state index contributed by atoms with van der Waals surface area (Å²) in [5, 5.41) is 8.08. The standard InChI is InChI=1S/C8H8BN2/c1-9-7-3-2-4-8-6(7)5-10-11-8/h2-5H,1H3,(H,10,11). The van der Waals surface area contributed by atoms with Crippen LogP contribution >= 0.6 is 0 Å². The van der Waals surface area contributed by atoms with Gasteiger partial charge in [0.25, 0.3) is 0 Å². The molecule has 2 rings (SSSR count). The van der Waals surface area contributed by atoms with Crippen LogP contribution in [0, 0.1) is 0 Å². The van der Waals surface area contributed by atoms with E-state index >= 15 is 0 Å². The summed E-state index contributed by atoms with van der Waals surface area (Å²) < 4.78 is 0. The third-order valence-electron chi connectivity index (χ3n) is 1.83. The fourth-order valence-corrected chi connectivity index (χ4v) is 1.24. The molecule has 1 N–H and O–H groups in total. The first-order valence-corrected chi connectivity index (χ1v) is 3.63. The maximum Gasteiger partial charge on any atom is 0.149 e. The van der Waals surface area contributed by atoms with E-state index in [1.54, 1.807) is 0 Å². The Kier molecular flexibility index (Phi) is 1.42. The minimum absolute atomic E-state index is 1.10. The van der Waals surface area contributed by atoms with Crippen LogP contribution in [-0.4, -0.2) is 17.5 Å². The molecule has 0 fully saturated rings. The molecule has 0 unspecified atom stereocenters. The molecule has 0 aliphatic carbocycles. The highest BCUT2D eigenvalue weighted by atomic mass is 15.1. The summed E-state index contributed by atoms with van der Waals surface area (Å²) in [5.74, 6) is 0. The van der Waals surface area contributed by atoms with Crippen LogP contribution < -0.4 is 5.46 Å². The first kappa shape index (κ1) is 6.46. The van der Waals surface area contributed by atoms with E-state index < -0.39 is 0 Å². The summed E-state index contributed by atoms with van der Waals surface area (Å²) in [6, 6.07) is 6.13. The molecule has 11 heavy (non-hydrogen) atoms. The van der Waals surface area contributed by atoms with Crippen molar-refractivity contribution in [3.05, 3.63) is 24.4 Å². The van der Waals surface area contributed by atoms with Crippen LogP contribution in [0.5, 0.6) is 0 Å². The quantitative estimate of drug-likeness (QED) is 0.591. The average molecular weight is 143 g/mol. The van der Waals surface area contributed by atoms with Gasteiger partial charge in [0.05, 0.1) is 11.7 Å². The minimum Gasteiger partial charge on any atom is -0.278 e. The summed E-state index contributed by atoms with van der Waals surface area (Å²) in [6.07, 6.45) is 1.85. The Morgan fingerprint density at radius 1 is 1.45 bits per heavy atom. The number of H-pyrrole nitrogens is 1. The Hall–Kier alpha value is -1.25. The molecule has 0 aliphatic heterocycles. The van der Waals surface area contributed by atoms with Gasteiger partial charge in [0, 0.05) is 5.39 Å². The molecule has 53 valence electrons. The SMILES string of the molecule is C[B]c1cccc2[nH]ncc12. The van der Waals surface area contributed by atoms with Gasteiger partial charge in [-0.3, -0.25) is 5.10 Å². The molecule has 0 atom stereocenters. The summed E-state index contributed by atoms with van der Waals surface area (Å²) in [4.78, 5) is 0. The van der Waals surface area contributed by atoms with E-state index in [1.165, 1.54) is 10.8 Å². The fourth-order valence-electron chi connectivity index (χ4n) is 1.24. The summed E-state index contributed by atoms with van der Waals surface area (Å²) >= 11 is 0. The third kappa shape index (κ3) is 0.927. The van der Waals surface area contributed by atoms with Crippen LogP contribution in [0.1, 0.15) is 0 Å². The Morgan fingerprint density at radius 3 is 3.18 bits per heavy atom. The van der Waals surface area contributed by atoms with E-state index in [9.17, 15) is 0 Å². The van der Waals surface area contributed by atoms with Gasteiger partial charge in [-0.05, 0) is 6.07 Å². The lowest BCUT2D eigenvalue weighted by molar-refractivity contribution is 1.12. The van der Waals surface area contributed by atoms with Gasteiger partial charge >= 0.3 is 0 Å². The van der Waals surface area contributed by atoms with Crippen molar-refractivity contribution in [2.24, 2.45) is 0 Å². The molecule has 0 saturated heterocycles. The smallest absolute Gasteiger partial charge is 0.149 e. The monoisotopic (exact) mass is 143 g/mol. The van der Waals surface area contributed by atoms with Gasteiger partial charge in [0.2, 0.25) is 0 Å². The summed E-state index contributed by atoms with van der Waals surface area (Å²) in [5.41, 5.74) is 2.33. The molecular weight excluding hydrogens is 135 g/mol. The highest BCUT2D eigenvalue weighted by molar-refractivity contribution is 6.55. The second kappa shape index (κ2) is 2.42. The largest absolute Gasteiger partial charge is 0.278 e. The molecule has 1 aromatic heterocycles.